The summed E-state index contributed by atoms with van der Waals surface area (Å²) in [5.41, 5.74) is 7.74. The molecule has 0 aliphatic rings. The zero-order chi connectivity index (χ0) is 23.1. The Morgan fingerprint density at radius 2 is 1.78 bits per heavy atom. The van der Waals surface area contributed by atoms with E-state index < -0.39 is 17.2 Å². The lowest BCUT2D eigenvalue weighted by molar-refractivity contribution is -0.114. The Morgan fingerprint density at radius 1 is 1.09 bits per heavy atom. The third kappa shape index (κ3) is 5.24. The minimum Gasteiger partial charge on any atom is -0.383 e. The first kappa shape index (κ1) is 22.8. The van der Waals surface area contributed by atoms with Gasteiger partial charge >= 0.3 is 5.69 Å². The Balaban J connectivity index is 2.07. The fraction of sp³-hybridized carbons (Fsp3) is 0.240. The highest BCUT2D eigenvalue weighted by Gasteiger charge is 2.23. The van der Waals surface area contributed by atoms with E-state index in [0.29, 0.717) is 6.54 Å². The molecule has 0 atom stereocenters. The van der Waals surface area contributed by atoms with E-state index in [2.05, 4.69) is 4.98 Å². The standard InChI is InChI=1S/C25H28N4O3/c1-3-4-16-28-23(26)22(24(31)27-25(28)32)29(17-19-11-6-5-7-12-19)21(30)15-14-20-13-9-8-10-18(20)2/h5-15H,3-4,16-17,26H2,1-2H3,(H,27,31,32)/b15-14+. The molecule has 32 heavy (non-hydrogen) atoms. The van der Waals surface area contributed by atoms with E-state index in [9.17, 15) is 14.4 Å². The van der Waals surface area contributed by atoms with Crippen LogP contribution in [0.4, 0.5) is 11.5 Å². The number of anilines is 2. The van der Waals surface area contributed by atoms with Gasteiger partial charge in [-0.1, -0.05) is 67.9 Å². The molecule has 0 saturated carbocycles. The summed E-state index contributed by atoms with van der Waals surface area (Å²) < 4.78 is 1.32. The molecule has 0 aliphatic heterocycles. The average molecular weight is 433 g/mol. The van der Waals surface area contributed by atoms with Crippen LogP contribution in [0.5, 0.6) is 0 Å². The molecule has 3 rings (SSSR count). The van der Waals surface area contributed by atoms with Gasteiger partial charge < -0.3 is 5.73 Å². The van der Waals surface area contributed by atoms with Gasteiger partial charge in [-0.05, 0) is 36.1 Å². The van der Waals surface area contributed by atoms with Crippen molar-refractivity contribution in [2.24, 2.45) is 0 Å². The van der Waals surface area contributed by atoms with Crippen LogP contribution in [0.15, 0.2) is 70.3 Å². The first-order chi connectivity index (χ1) is 15.4. The van der Waals surface area contributed by atoms with Crippen LogP contribution in [0.3, 0.4) is 0 Å². The Labute approximate surface area is 186 Å². The number of unbranched alkanes of at least 4 members (excludes halogenated alkanes) is 1. The Bertz CT molecular complexity index is 1230. The molecule has 0 fully saturated rings. The second kappa shape index (κ2) is 10.4. The van der Waals surface area contributed by atoms with E-state index in [4.69, 9.17) is 5.73 Å². The highest BCUT2D eigenvalue weighted by molar-refractivity contribution is 6.05. The van der Waals surface area contributed by atoms with Gasteiger partial charge in [-0.2, -0.15) is 0 Å². The highest BCUT2D eigenvalue weighted by Crippen LogP contribution is 2.21. The minimum atomic E-state index is -0.686. The van der Waals surface area contributed by atoms with Crippen LogP contribution < -0.4 is 21.9 Å². The van der Waals surface area contributed by atoms with Crippen molar-refractivity contribution in [2.75, 3.05) is 10.6 Å². The fourth-order valence-electron chi connectivity index (χ4n) is 3.43. The maximum atomic E-state index is 13.3. The number of hydrogen-bond donors (Lipinski definition) is 2. The number of rotatable bonds is 8. The van der Waals surface area contributed by atoms with Crippen molar-refractivity contribution in [1.29, 1.82) is 0 Å². The first-order valence-corrected chi connectivity index (χ1v) is 10.6. The number of benzene rings is 2. The van der Waals surface area contributed by atoms with E-state index in [-0.39, 0.29) is 18.1 Å². The third-order valence-corrected chi connectivity index (χ3v) is 5.26. The molecule has 166 valence electrons. The number of carbonyl (C=O) groups is 1. The van der Waals surface area contributed by atoms with Crippen LogP contribution in [-0.4, -0.2) is 15.5 Å². The van der Waals surface area contributed by atoms with E-state index >= 15 is 0 Å². The molecule has 0 unspecified atom stereocenters. The second-order valence-electron chi connectivity index (χ2n) is 7.60. The topological polar surface area (TPSA) is 101 Å². The summed E-state index contributed by atoms with van der Waals surface area (Å²) in [5.74, 6) is -0.421. The third-order valence-electron chi connectivity index (χ3n) is 5.26. The van der Waals surface area contributed by atoms with Gasteiger partial charge in [0.25, 0.3) is 11.5 Å². The maximum absolute atomic E-state index is 13.3. The summed E-state index contributed by atoms with van der Waals surface area (Å²) in [5, 5.41) is 0. The highest BCUT2D eigenvalue weighted by atomic mass is 16.2. The summed E-state index contributed by atoms with van der Waals surface area (Å²) in [6.45, 7) is 4.45. The smallest absolute Gasteiger partial charge is 0.330 e. The molecule has 7 heteroatoms. The van der Waals surface area contributed by atoms with Crippen molar-refractivity contribution in [3.63, 3.8) is 0 Å². The van der Waals surface area contributed by atoms with Crippen LogP contribution >= 0.6 is 0 Å². The minimum absolute atomic E-state index is 0.0132. The molecule has 1 aromatic heterocycles. The first-order valence-electron chi connectivity index (χ1n) is 10.6. The molecule has 3 aromatic rings. The number of carbonyl (C=O) groups excluding carboxylic acids is 1. The summed E-state index contributed by atoms with van der Waals surface area (Å²) >= 11 is 0. The number of amides is 1. The normalized spacial score (nSPS) is 11.1. The van der Waals surface area contributed by atoms with Gasteiger partial charge in [0.1, 0.15) is 5.82 Å². The predicted octanol–water partition coefficient (Wildman–Crippen LogP) is 3.47. The van der Waals surface area contributed by atoms with Gasteiger partial charge in [0.2, 0.25) is 0 Å². The lowest BCUT2D eigenvalue weighted by Crippen LogP contribution is -2.40. The molecule has 1 amide bonds. The number of aromatic amines is 1. The zero-order valence-electron chi connectivity index (χ0n) is 18.4. The van der Waals surface area contributed by atoms with Crippen LogP contribution in [0.2, 0.25) is 0 Å². The molecule has 3 N–H and O–H groups in total. The Morgan fingerprint density at radius 3 is 2.47 bits per heavy atom. The molecule has 0 saturated heterocycles. The van der Waals surface area contributed by atoms with Gasteiger partial charge in [0.05, 0.1) is 6.54 Å². The Kier molecular flexibility index (Phi) is 7.44. The summed E-state index contributed by atoms with van der Waals surface area (Å²) in [4.78, 5) is 42.0. The van der Waals surface area contributed by atoms with Crippen molar-refractivity contribution in [2.45, 2.75) is 39.8 Å². The zero-order valence-corrected chi connectivity index (χ0v) is 18.4. The monoisotopic (exact) mass is 432 g/mol. The molecular formula is C25H28N4O3. The van der Waals surface area contributed by atoms with Crippen LogP contribution in [0.25, 0.3) is 6.08 Å². The molecule has 0 spiro atoms. The lowest BCUT2D eigenvalue weighted by Gasteiger charge is -2.23. The van der Waals surface area contributed by atoms with Gasteiger partial charge in [0, 0.05) is 12.6 Å². The van der Waals surface area contributed by atoms with E-state index in [1.807, 2.05) is 68.4 Å². The molecule has 1 heterocycles. The summed E-state index contributed by atoms with van der Waals surface area (Å²) in [6, 6.07) is 17.0. The number of nitrogens with one attached hydrogen (secondary N) is 1. The van der Waals surface area contributed by atoms with Crippen LogP contribution in [-0.2, 0) is 17.9 Å². The van der Waals surface area contributed by atoms with Crippen molar-refractivity contribution >= 4 is 23.5 Å². The molecule has 2 aromatic carbocycles. The SMILES string of the molecule is CCCCn1c(N)c(N(Cc2ccccc2)C(=O)/C=C/c2ccccc2C)c(=O)[nH]c1=O. The second-order valence-corrected chi connectivity index (χ2v) is 7.60. The summed E-state index contributed by atoms with van der Waals surface area (Å²) in [6.07, 6.45) is 4.71. The molecule has 0 radical (unpaired) electrons. The lowest BCUT2D eigenvalue weighted by atomic mass is 10.1. The van der Waals surface area contributed by atoms with Gasteiger partial charge in [-0.15, -0.1) is 0 Å². The van der Waals surface area contributed by atoms with Crippen LogP contribution in [0.1, 0.15) is 36.5 Å². The number of hydrogen-bond acceptors (Lipinski definition) is 4. The number of H-pyrrole nitrogens is 1. The summed E-state index contributed by atoms with van der Waals surface area (Å²) in [7, 11) is 0. The van der Waals surface area contributed by atoms with Gasteiger partial charge in [-0.3, -0.25) is 24.0 Å². The number of nitrogens with two attached hydrogens (primary N) is 1. The van der Waals surface area contributed by atoms with Crippen molar-refractivity contribution in [3.8, 4) is 0 Å². The quantitative estimate of drug-likeness (QED) is 0.532. The van der Waals surface area contributed by atoms with Crippen molar-refractivity contribution in [1.82, 2.24) is 9.55 Å². The van der Waals surface area contributed by atoms with E-state index in [0.717, 1.165) is 29.5 Å². The van der Waals surface area contributed by atoms with Crippen molar-refractivity contribution < 1.29 is 4.79 Å². The fourth-order valence-corrected chi connectivity index (χ4v) is 3.43. The number of aryl methyl sites for hydroxylation is 1. The Hall–Kier alpha value is -3.87. The van der Waals surface area contributed by atoms with Crippen molar-refractivity contribution in [3.05, 3.63) is 98.2 Å². The number of nitrogens with zero attached hydrogens (tertiary/aromatic N) is 2. The largest absolute Gasteiger partial charge is 0.383 e. The maximum Gasteiger partial charge on any atom is 0.330 e. The van der Waals surface area contributed by atoms with Gasteiger partial charge in [0.15, 0.2) is 5.69 Å². The molecule has 0 bridgehead atoms. The molecular weight excluding hydrogens is 404 g/mol. The molecule has 0 aliphatic carbocycles. The number of aromatic nitrogens is 2. The van der Waals surface area contributed by atoms with E-state index in [1.165, 1.54) is 15.5 Å². The van der Waals surface area contributed by atoms with Crippen LogP contribution in [0, 0.1) is 6.92 Å². The molecule has 7 nitrogen and oxygen atoms in total. The van der Waals surface area contributed by atoms with Gasteiger partial charge in [-0.25, -0.2) is 4.79 Å². The number of nitrogen functional groups attached to an aromatic ring is 1. The predicted molar refractivity (Wildman–Crippen MR) is 128 cm³/mol. The van der Waals surface area contributed by atoms with E-state index in [1.54, 1.807) is 6.08 Å². The average Bonchev–Trinajstić information content (AvgIpc) is 2.78.